The van der Waals surface area contributed by atoms with E-state index in [0.29, 0.717) is 11.4 Å². The monoisotopic (exact) mass is 279 g/mol. The molecule has 1 heterocycles. The third-order valence-electron chi connectivity index (χ3n) is 2.21. The van der Waals surface area contributed by atoms with Crippen molar-refractivity contribution < 1.29 is 4.79 Å². The molecule has 2 rings (SSSR count). The van der Waals surface area contributed by atoms with Gasteiger partial charge in [-0.3, -0.25) is 4.79 Å². The lowest BCUT2D eigenvalue weighted by Gasteiger charge is -2.04. The maximum Gasteiger partial charge on any atom is 0.256 e. The van der Waals surface area contributed by atoms with Crippen molar-refractivity contribution in [3.05, 3.63) is 47.4 Å². The summed E-state index contributed by atoms with van der Waals surface area (Å²) >= 11 is 7.24. The molecule has 18 heavy (non-hydrogen) atoms. The third kappa shape index (κ3) is 3.21. The van der Waals surface area contributed by atoms with Gasteiger partial charge in [-0.25, -0.2) is 9.97 Å². The average molecular weight is 280 g/mol. The van der Waals surface area contributed by atoms with Crippen molar-refractivity contribution >= 4 is 35.1 Å². The van der Waals surface area contributed by atoms with Crippen molar-refractivity contribution in [2.75, 3.05) is 11.6 Å². The topological polar surface area (TPSA) is 54.9 Å². The Bertz CT molecular complexity index is 542. The predicted octanol–water partition coefficient (Wildman–Crippen LogP) is 3.10. The number of carbonyl (C=O) groups is 1. The number of rotatable bonds is 3. The van der Waals surface area contributed by atoms with Gasteiger partial charge in [0.1, 0.15) is 5.15 Å². The molecule has 1 aromatic heterocycles. The van der Waals surface area contributed by atoms with Gasteiger partial charge < -0.3 is 5.32 Å². The first-order valence-corrected chi connectivity index (χ1v) is 6.72. The Morgan fingerprint density at radius 1 is 1.22 bits per heavy atom. The Morgan fingerprint density at radius 2 is 1.94 bits per heavy atom. The standard InChI is InChI=1S/C12H10ClN3OS/c1-18-9-4-2-8(3-5-9)12(17)16-11-7-14-10(13)6-15-11/h2-7H,1H3,(H,15,16,17). The number of thioether (sulfide) groups is 1. The van der Waals surface area contributed by atoms with Gasteiger partial charge in [0.25, 0.3) is 5.91 Å². The summed E-state index contributed by atoms with van der Waals surface area (Å²) in [4.78, 5) is 20.8. The fourth-order valence-electron chi connectivity index (χ4n) is 1.31. The highest BCUT2D eigenvalue weighted by Crippen LogP contribution is 2.15. The van der Waals surface area contributed by atoms with Crippen LogP contribution >= 0.6 is 23.4 Å². The average Bonchev–Trinajstić information content (AvgIpc) is 2.41. The molecule has 92 valence electrons. The lowest BCUT2D eigenvalue weighted by molar-refractivity contribution is 0.102. The summed E-state index contributed by atoms with van der Waals surface area (Å²) in [6.07, 6.45) is 4.78. The van der Waals surface area contributed by atoms with E-state index in [2.05, 4.69) is 15.3 Å². The Balaban J connectivity index is 2.09. The summed E-state index contributed by atoms with van der Waals surface area (Å²) in [6.45, 7) is 0. The lowest BCUT2D eigenvalue weighted by Crippen LogP contribution is -2.12. The Morgan fingerprint density at radius 3 is 2.50 bits per heavy atom. The number of anilines is 1. The van der Waals surface area contributed by atoms with Gasteiger partial charge >= 0.3 is 0 Å². The normalized spacial score (nSPS) is 10.1. The van der Waals surface area contributed by atoms with Crippen LogP contribution in [0.1, 0.15) is 10.4 Å². The lowest BCUT2D eigenvalue weighted by atomic mass is 10.2. The number of amides is 1. The molecular formula is C12H10ClN3OS. The minimum absolute atomic E-state index is 0.223. The maximum absolute atomic E-state index is 11.9. The fourth-order valence-corrected chi connectivity index (χ4v) is 1.81. The number of aromatic nitrogens is 2. The van der Waals surface area contributed by atoms with Crippen LogP contribution in [-0.2, 0) is 0 Å². The maximum atomic E-state index is 11.9. The summed E-state index contributed by atoms with van der Waals surface area (Å²) in [5.41, 5.74) is 0.574. The van der Waals surface area contributed by atoms with Crippen LogP contribution in [-0.4, -0.2) is 22.1 Å². The zero-order chi connectivity index (χ0) is 13.0. The first-order valence-electron chi connectivity index (χ1n) is 5.12. The highest BCUT2D eigenvalue weighted by molar-refractivity contribution is 7.98. The van der Waals surface area contributed by atoms with E-state index in [0.717, 1.165) is 4.90 Å². The second-order valence-corrected chi connectivity index (χ2v) is 4.67. The van der Waals surface area contributed by atoms with E-state index in [-0.39, 0.29) is 11.1 Å². The largest absolute Gasteiger partial charge is 0.305 e. The second-order valence-electron chi connectivity index (χ2n) is 3.41. The van der Waals surface area contributed by atoms with Crippen molar-refractivity contribution in [3.8, 4) is 0 Å². The second kappa shape index (κ2) is 5.84. The van der Waals surface area contributed by atoms with E-state index in [1.807, 2.05) is 18.4 Å². The van der Waals surface area contributed by atoms with Gasteiger partial charge in [0, 0.05) is 10.5 Å². The van der Waals surface area contributed by atoms with Crippen LogP contribution in [0.3, 0.4) is 0 Å². The highest BCUT2D eigenvalue weighted by Gasteiger charge is 2.06. The molecule has 0 aliphatic heterocycles. The number of nitrogens with one attached hydrogen (secondary N) is 1. The molecule has 4 nitrogen and oxygen atoms in total. The van der Waals surface area contributed by atoms with E-state index >= 15 is 0 Å². The molecule has 0 saturated carbocycles. The molecule has 0 aliphatic carbocycles. The van der Waals surface area contributed by atoms with Crippen LogP contribution in [0.15, 0.2) is 41.6 Å². The van der Waals surface area contributed by atoms with E-state index in [9.17, 15) is 4.79 Å². The van der Waals surface area contributed by atoms with Crippen molar-refractivity contribution in [2.45, 2.75) is 4.90 Å². The summed E-state index contributed by atoms with van der Waals surface area (Å²) in [5.74, 6) is 0.151. The highest BCUT2D eigenvalue weighted by atomic mass is 35.5. The Hall–Kier alpha value is -1.59. The van der Waals surface area contributed by atoms with Gasteiger partial charge in [-0.15, -0.1) is 11.8 Å². The predicted molar refractivity (Wildman–Crippen MR) is 73.2 cm³/mol. The summed E-state index contributed by atoms with van der Waals surface area (Å²) in [6, 6.07) is 7.33. The van der Waals surface area contributed by atoms with E-state index in [1.54, 1.807) is 23.9 Å². The summed E-state index contributed by atoms with van der Waals surface area (Å²) in [7, 11) is 0. The third-order valence-corrected chi connectivity index (χ3v) is 3.15. The molecule has 2 aromatic rings. The van der Waals surface area contributed by atoms with Gasteiger partial charge in [-0.1, -0.05) is 11.6 Å². The van der Waals surface area contributed by atoms with Gasteiger partial charge in [0.15, 0.2) is 5.82 Å². The van der Waals surface area contributed by atoms with Crippen molar-refractivity contribution in [1.29, 1.82) is 0 Å². The number of nitrogens with zero attached hydrogens (tertiary/aromatic N) is 2. The van der Waals surface area contributed by atoms with E-state index < -0.39 is 0 Å². The first-order chi connectivity index (χ1) is 8.69. The van der Waals surface area contributed by atoms with Crippen molar-refractivity contribution in [3.63, 3.8) is 0 Å². The Kier molecular flexibility index (Phi) is 4.17. The molecule has 6 heteroatoms. The SMILES string of the molecule is CSc1ccc(C(=O)Nc2cnc(Cl)cn2)cc1. The van der Waals surface area contributed by atoms with Gasteiger partial charge in [0.2, 0.25) is 0 Å². The minimum Gasteiger partial charge on any atom is -0.305 e. The molecule has 1 amide bonds. The number of benzene rings is 1. The molecule has 0 aliphatic rings. The van der Waals surface area contributed by atoms with E-state index in [1.165, 1.54) is 12.4 Å². The molecule has 0 saturated heterocycles. The van der Waals surface area contributed by atoms with Crippen molar-refractivity contribution in [2.24, 2.45) is 0 Å². The fraction of sp³-hybridized carbons (Fsp3) is 0.0833. The van der Waals surface area contributed by atoms with Gasteiger partial charge in [-0.05, 0) is 30.5 Å². The molecular weight excluding hydrogens is 270 g/mol. The zero-order valence-corrected chi connectivity index (χ0v) is 11.1. The van der Waals surface area contributed by atoms with Crippen LogP contribution in [0.2, 0.25) is 5.15 Å². The Labute approximate surface area is 114 Å². The van der Waals surface area contributed by atoms with Crippen LogP contribution in [0.4, 0.5) is 5.82 Å². The van der Waals surface area contributed by atoms with Crippen LogP contribution in [0, 0.1) is 0 Å². The smallest absolute Gasteiger partial charge is 0.256 e. The number of carbonyl (C=O) groups excluding carboxylic acids is 1. The minimum atomic E-state index is -0.223. The number of hydrogen-bond acceptors (Lipinski definition) is 4. The molecule has 0 atom stereocenters. The number of hydrogen-bond donors (Lipinski definition) is 1. The number of halogens is 1. The summed E-state index contributed by atoms with van der Waals surface area (Å²) in [5, 5.41) is 2.93. The molecule has 1 aromatic carbocycles. The first kappa shape index (κ1) is 12.9. The summed E-state index contributed by atoms with van der Waals surface area (Å²) < 4.78 is 0. The van der Waals surface area contributed by atoms with Gasteiger partial charge in [0.05, 0.1) is 12.4 Å². The van der Waals surface area contributed by atoms with Crippen LogP contribution in [0.25, 0.3) is 0 Å². The molecule has 0 bridgehead atoms. The van der Waals surface area contributed by atoms with Gasteiger partial charge in [-0.2, -0.15) is 0 Å². The molecule has 0 spiro atoms. The molecule has 0 radical (unpaired) electrons. The van der Waals surface area contributed by atoms with Crippen LogP contribution < -0.4 is 5.32 Å². The quantitative estimate of drug-likeness (QED) is 0.877. The zero-order valence-electron chi connectivity index (χ0n) is 9.55. The molecule has 0 fully saturated rings. The molecule has 0 unspecified atom stereocenters. The molecule has 1 N–H and O–H groups in total. The van der Waals surface area contributed by atoms with Crippen molar-refractivity contribution in [1.82, 2.24) is 9.97 Å². The van der Waals surface area contributed by atoms with E-state index in [4.69, 9.17) is 11.6 Å². The van der Waals surface area contributed by atoms with Crippen LogP contribution in [0.5, 0.6) is 0 Å².